The quantitative estimate of drug-likeness (QED) is 0.582. The van der Waals surface area contributed by atoms with Crippen molar-refractivity contribution in [1.82, 2.24) is 9.97 Å². The molecule has 1 aliphatic rings. The molecule has 1 fully saturated rings. The van der Waals surface area contributed by atoms with E-state index < -0.39 is 5.54 Å². The van der Waals surface area contributed by atoms with Crippen LogP contribution in [-0.4, -0.2) is 16.0 Å². The van der Waals surface area contributed by atoms with Crippen LogP contribution >= 0.6 is 15.9 Å². The molecule has 5 heteroatoms. The Hall–Kier alpha value is -1.06. The third-order valence-electron chi connectivity index (χ3n) is 2.02. The van der Waals surface area contributed by atoms with E-state index >= 15 is 0 Å². The van der Waals surface area contributed by atoms with Gasteiger partial charge in [-0.3, -0.25) is 0 Å². The molecular weight excluding hydrogens is 234 g/mol. The summed E-state index contributed by atoms with van der Waals surface area (Å²) in [7, 11) is 0. The van der Waals surface area contributed by atoms with Crippen LogP contribution in [0, 0.1) is 0 Å². The van der Waals surface area contributed by atoms with Crippen LogP contribution in [-0.2, 0) is 10.3 Å². The van der Waals surface area contributed by atoms with Gasteiger partial charge in [0.05, 0.1) is 4.47 Å². The van der Waals surface area contributed by atoms with E-state index in [4.69, 9.17) is 0 Å². The van der Waals surface area contributed by atoms with E-state index in [1.807, 2.05) is 0 Å². The van der Waals surface area contributed by atoms with Gasteiger partial charge in [-0.15, -0.1) is 0 Å². The Morgan fingerprint density at radius 3 is 2.54 bits per heavy atom. The van der Waals surface area contributed by atoms with E-state index in [0.29, 0.717) is 5.82 Å². The summed E-state index contributed by atoms with van der Waals surface area (Å²) in [5, 5.41) is 0. The van der Waals surface area contributed by atoms with Crippen molar-refractivity contribution in [2.75, 3.05) is 0 Å². The van der Waals surface area contributed by atoms with Gasteiger partial charge in [0.15, 0.2) is 5.82 Å². The first-order valence-corrected chi connectivity index (χ1v) is 4.63. The summed E-state index contributed by atoms with van der Waals surface area (Å²) in [6.45, 7) is 0. The van der Waals surface area contributed by atoms with E-state index in [-0.39, 0.29) is 0 Å². The number of carbonyl (C=O) groups excluding carboxylic acids is 1. The second kappa shape index (κ2) is 3.01. The minimum absolute atomic E-state index is 0.456. The predicted octanol–water partition coefficient (Wildman–Crippen LogP) is 1.56. The maximum Gasteiger partial charge on any atom is 0.235 e. The number of nitrogens with zero attached hydrogens (tertiary/aromatic N) is 3. The molecule has 0 bridgehead atoms. The summed E-state index contributed by atoms with van der Waals surface area (Å²) in [4.78, 5) is 22.1. The highest BCUT2D eigenvalue weighted by Crippen LogP contribution is 2.47. The number of hydrogen-bond acceptors (Lipinski definition) is 4. The molecule has 66 valence electrons. The fraction of sp³-hybridized carbons (Fsp3) is 0.375. The summed E-state index contributed by atoms with van der Waals surface area (Å²) in [6.07, 6.45) is 6.55. The normalized spacial score (nSPS) is 17.6. The van der Waals surface area contributed by atoms with Gasteiger partial charge in [0.2, 0.25) is 6.08 Å². The molecule has 0 atom stereocenters. The number of hydrogen-bond donors (Lipinski definition) is 0. The van der Waals surface area contributed by atoms with Gasteiger partial charge in [0, 0.05) is 12.4 Å². The van der Waals surface area contributed by atoms with Crippen molar-refractivity contribution in [3.05, 3.63) is 22.7 Å². The molecule has 4 nitrogen and oxygen atoms in total. The first-order valence-electron chi connectivity index (χ1n) is 3.84. The average Bonchev–Trinajstić information content (AvgIpc) is 2.87. The number of rotatable bonds is 2. The van der Waals surface area contributed by atoms with Crippen LogP contribution in [0.15, 0.2) is 21.9 Å². The minimum atomic E-state index is -0.456. The molecule has 0 radical (unpaired) electrons. The lowest BCUT2D eigenvalue weighted by molar-refractivity contribution is 0.553. The predicted molar refractivity (Wildman–Crippen MR) is 48.8 cm³/mol. The van der Waals surface area contributed by atoms with E-state index in [1.54, 1.807) is 18.5 Å². The van der Waals surface area contributed by atoms with Crippen molar-refractivity contribution in [1.29, 1.82) is 0 Å². The lowest BCUT2D eigenvalue weighted by Gasteiger charge is -2.04. The van der Waals surface area contributed by atoms with Crippen LogP contribution in [0.3, 0.4) is 0 Å². The molecule has 0 N–H and O–H groups in total. The molecule has 1 aromatic heterocycles. The molecule has 1 saturated carbocycles. The zero-order chi connectivity index (χ0) is 9.31. The molecule has 1 heterocycles. The molecule has 13 heavy (non-hydrogen) atoms. The standard InChI is InChI=1S/C8H6BrN3O/c9-6-3-10-7(11-4-6)8(1-2-8)12-5-13/h3-4H,1-2H2. The Morgan fingerprint density at radius 1 is 1.46 bits per heavy atom. The molecule has 0 aliphatic heterocycles. The van der Waals surface area contributed by atoms with Crippen molar-refractivity contribution < 1.29 is 4.79 Å². The van der Waals surface area contributed by atoms with E-state index in [2.05, 4.69) is 30.9 Å². The Bertz CT molecular complexity index is 365. The molecule has 0 saturated heterocycles. The van der Waals surface area contributed by atoms with Gasteiger partial charge in [-0.1, -0.05) is 0 Å². The van der Waals surface area contributed by atoms with Crippen molar-refractivity contribution in [2.45, 2.75) is 18.4 Å². The second-order valence-electron chi connectivity index (χ2n) is 2.96. The van der Waals surface area contributed by atoms with Crippen molar-refractivity contribution in [3.8, 4) is 0 Å². The first kappa shape index (κ1) is 8.53. The minimum Gasteiger partial charge on any atom is -0.238 e. The van der Waals surface area contributed by atoms with Crippen LogP contribution in [0.25, 0.3) is 0 Å². The summed E-state index contributed by atoms with van der Waals surface area (Å²) >= 11 is 3.24. The zero-order valence-electron chi connectivity index (χ0n) is 6.70. The van der Waals surface area contributed by atoms with Crippen LogP contribution in [0.1, 0.15) is 18.7 Å². The molecule has 0 aromatic carbocycles. The first-order chi connectivity index (χ1) is 6.27. The Balaban J connectivity index is 2.35. The van der Waals surface area contributed by atoms with Crippen LogP contribution < -0.4 is 0 Å². The van der Waals surface area contributed by atoms with Gasteiger partial charge in [-0.25, -0.2) is 14.8 Å². The van der Waals surface area contributed by atoms with Gasteiger partial charge in [0.1, 0.15) is 5.54 Å². The summed E-state index contributed by atoms with van der Waals surface area (Å²) < 4.78 is 0.821. The highest BCUT2D eigenvalue weighted by molar-refractivity contribution is 9.10. The van der Waals surface area contributed by atoms with E-state index in [0.717, 1.165) is 17.3 Å². The maximum atomic E-state index is 10.1. The zero-order valence-corrected chi connectivity index (χ0v) is 8.28. The number of halogens is 1. The molecule has 2 rings (SSSR count). The smallest absolute Gasteiger partial charge is 0.235 e. The summed E-state index contributed by atoms with van der Waals surface area (Å²) in [5.74, 6) is 0.610. The van der Waals surface area contributed by atoms with Crippen molar-refractivity contribution in [2.24, 2.45) is 4.99 Å². The lowest BCUT2D eigenvalue weighted by Crippen LogP contribution is -2.07. The van der Waals surface area contributed by atoms with Crippen LogP contribution in [0.5, 0.6) is 0 Å². The highest BCUT2D eigenvalue weighted by Gasteiger charge is 2.47. The second-order valence-corrected chi connectivity index (χ2v) is 3.88. The van der Waals surface area contributed by atoms with Gasteiger partial charge < -0.3 is 0 Å². The Kier molecular flexibility index (Phi) is 1.98. The highest BCUT2D eigenvalue weighted by atomic mass is 79.9. The maximum absolute atomic E-state index is 10.1. The fourth-order valence-corrected chi connectivity index (χ4v) is 1.35. The summed E-state index contributed by atoms with van der Waals surface area (Å²) in [6, 6.07) is 0. The van der Waals surface area contributed by atoms with E-state index in [1.165, 1.54) is 0 Å². The van der Waals surface area contributed by atoms with Gasteiger partial charge >= 0.3 is 0 Å². The number of isocyanates is 1. The molecule has 0 amide bonds. The molecule has 1 aliphatic carbocycles. The molecule has 0 unspecified atom stereocenters. The van der Waals surface area contributed by atoms with Crippen LogP contribution in [0.4, 0.5) is 0 Å². The molecule has 1 aromatic rings. The largest absolute Gasteiger partial charge is 0.238 e. The van der Waals surface area contributed by atoms with Crippen molar-refractivity contribution in [3.63, 3.8) is 0 Å². The fourth-order valence-electron chi connectivity index (χ4n) is 1.14. The average molecular weight is 240 g/mol. The Labute approximate surface area is 83.2 Å². The van der Waals surface area contributed by atoms with Gasteiger partial charge in [0.25, 0.3) is 0 Å². The third-order valence-corrected chi connectivity index (χ3v) is 2.43. The van der Waals surface area contributed by atoms with Gasteiger partial charge in [-0.2, -0.15) is 4.99 Å². The Morgan fingerprint density at radius 2 is 2.08 bits per heavy atom. The van der Waals surface area contributed by atoms with Crippen LogP contribution in [0.2, 0.25) is 0 Å². The lowest BCUT2D eigenvalue weighted by atomic mass is 10.2. The number of aliphatic imine (C=N–C) groups is 1. The monoisotopic (exact) mass is 239 g/mol. The molecular formula is C8H6BrN3O. The molecule has 0 spiro atoms. The SMILES string of the molecule is O=C=NC1(c2ncc(Br)cn2)CC1. The van der Waals surface area contributed by atoms with E-state index in [9.17, 15) is 4.79 Å². The summed E-state index contributed by atoms with van der Waals surface area (Å²) in [5.41, 5.74) is -0.456. The van der Waals surface area contributed by atoms with Gasteiger partial charge in [-0.05, 0) is 28.8 Å². The van der Waals surface area contributed by atoms with Crippen molar-refractivity contribution >= 4 is 22.0 Å². The number of aromatic nitrogens is 2. The third kappa shape index (κ3) is 1.53. The topological polar surface area (TPSA) is 55.2 Å².